The molecule has 0 aliphatic carbocycles. The van der Waals surface area contributed by atoms with E-state index >= 15 is 0 Å². The first-order valence-electron chi connectivity index (χ1n) is 13.0. The SMILES string of the molecule is CCOc1ncccc1-c1ccc(OC2CCNCC2)c(C(=O)N[C@@H]2CCN(C(=O)OC(C)(C)C)C2)n1. The molecule has 2 saturated heterocycles. The van der Waals surface area contributed by atoms with E-state index in [1.807, 2.05) is 45.9 Å². The summed E-state index contributed by atoms with van der Waals surface area (Å²) in [5, 5.41) is 6.37. The number of ether oxygens (including phenoxy) is 3. The van der Waals surface area contributed by atoms with E-state index in [0.29, 0.717) is 49.0 Å². The number of aromatic nitrogens is 2. The Labute approximate surface area is 218 Å². The van der Waals surface area contributed by atoms with Gasteiger partial charge in [-0.25, -0.2) is 14.8 Å². The quantitative estimate of drug-likeness (QED) is 0.581. The predicted octanol–water partition coefficient (Wildman–Crippen LogP) is 3.41. The van der Waals surface area contributed by atoms with Crippen LogP contribution in [0.3, 0.4) is 0 Å². The van der Waals surface area contributed by atoms with Gasteiger partial charge in [0.1, 0.15) is 11.7 Å². The third-order valence-electron chi connectivity index (χ3n) is 6.16. The van der Waals surface area contributed by atoms with Crippen molar-refractivity contribution in [3.8, 4) is 22.9 Å². The highest BCUT2D eigenvalue weighted by Crippen LogP contribution is 2.30. The van der Waals surface area contributed by atoms with Crippen LogP contribution in [0.5, 0.6) is 11.6 Å². The van der Waals surface area contributed by atoms with Crippen LogP contribution in [0.2, 0.25) is 0 Å². The second-order valence-corrected chi connectivity index (χ2v) is 10.3. The van der Waals surface area contributed by atoms with E-state index in [0.717, 1.165) is 25.9 Å². The number of hydrogen-bond acceptors (Lipinski definition) is 8. The van der Waals surface area contributed by atoms with Gasteiger partial charge >= 0.3 is 6.09 Å². The summed E-state index contributed by atoms with van der Waals surface area (Å²) in [7, 11) is 0. The van der Waals surface area contributed by atoms with Gasteiger partial charge in [0.25, 0.3) is 5.91 Å². The number of likely N-dealkylation sites (tertiary alicyclic amines) is 1. The maximum absolute atomic E-state index is 13.5. The first kappa shape index (κ1) is 26.7. The molecule has 37 heavy (non-hydrogen) atoms. The van der Waals surface area contributed by atoms with Gasteiger partial charge in [-0.05, 0) is 84.3 Å². The molecule has 2 aromatic rings. The second-order valence-electron chi connectivity index (χ2n) is 10.3. The number of hydrogen-bond donors (Lipinski definition) is 2. The molecular formula is C27H37N5O5. The Morgan fingerprint density at radius 1 is 1.16 bits per heavy atom. The Bertz CT molecular complexity index is 1100. The van der Waals surface area contributed by atoms with E-state index in [1.165, 1.54) is 0 Å². The van der Waals surface area contributed by atoms with Crippen molar-refractivity contribution in [1.29, 1.82) is 0 Å². The van der Waals surface area contributed by atoms with Crippen LogP contribution in [-0.4, -0.2) is 77.4 Å². The highest BCUT2D eigenvalue weighted by molar-refractivity contribution is 5.96. The minimum atomic E-state index is -0.573. The fourth-order valence-corrected chi connectivity index (χ4v) is 4.41. The van der Waals surface area contributed by atoms with Crippen LogP contribution in [0.15, 0.2) is 30.5 Å². The van der Waals surface area contributed by atoms with Gasteiger partial charge in [-0.1, -0.05) is 0 Å². The Balaban J connectivity index is 1.55. The van der Waals surface area contributed by atoms with E-state index in [-0.39, 0.29) is 29.8 Å². The van der Waals surface area contributed by atoms with Crippen LogP contribution in [-0.2, 0) is 4.74 Å². The summed E-state index contributed by atoms with van der Waals surface area (Å²) in [4.78, 5) is 36.6. The average molecular weight is 512 g/mol. The number of rotatable bonds is 7. The highest BCUT2D eigenvalue weighted by Gasteiger charge is 2.32. The molecule has 1 atom stereocenters. The molecule has 10 nitrogen and oxygen atoms in total. The van der Waals surface area contributed by atoms with Crippen LogP contribution in [0, 0.1) is 0 Å². The first-order valence-corrected chi connectivity index (χ1v) is 13.0. The lowest BCUT2D eigenvalue weighted by Gasteiger charge is -2.25. The van der Waals surface area contributed by atoms with Gasteiger partial charge in [-0.2, -0.15) is 0 Å². The third kappa shape index (κ3) is 7.09. The molecule has 4 heterocycles. The third-order valence-corrected chi connectivity index (χ3v) is 6.16. The number of pyridine rings is 2. The van der Waals surface area contributed by atoms with E-state index in [2.05, 4.69) is 15.6 Å². The zero-order valence-corrected chi connectivity index (χ0v) is 22.1. The van der Waals surface area contributed by atoms with Gasteiger partial charge in [0, 0.05) is 25.3 Å². The van der Waals surface area contributed by atoms with Gasteiger partial charge in [0.05, 0.1) is 17.9 Å². The maximum Gasteiger partial charge on any atom is 0.410 e. The molecule has 2 aliphatic rings. The fraction of sp³-hybridized carbons (Fsp3) is 0.556. The van der Waals surface area contributed by atoms with Crippen molar-refractivity contribution in [3.05, 3.63) is 36.2 Å². The van der Waals surface area contributed by atoms with Crippen molar-refractivity contribution in [1.82, 2.24) is 25.5 Å². The van der Waals surface area contributed by atoms with Crippen molar-refractivity contribution in [2.45, 2.75) is 64.7 Å². The normalized spacial score (nSPS) is 18.4. The summed E-state index contributed by atoms with van der Waals surface area (Å²) in [6.07, 6.45) is 3.63. The lowest BCUT2D eigenvalue weighted by molar-refractivity contribution is 0.0290. The Morgan fingerprint density at radius 2 is 1.95 bits per heavy atom. The van der Waals surface area contributed by atoms with Gasteiger partial charge in [-0.3, -0.25) is 4.79 Å². The number of carbonyl (C=O) groups excluding carboxylic acids is 2. The molecule has 0 aromatic carbocycles. The zero-order chi connectivity index (χ0) is 26.4. The van der Waals surface area contributed by atoms with E-state index in [4.69, 9.17) is 19.2 Å². The molecule has 2 fully saturated rings. The second kappa shape index (κ2) is 11.8. The van der Waals surface area contributed by atoms with Crippen LogP contribution in [0.1, 0.15) is 57.4 Å². The molecule has 2 aromatic heterocycles. The summed E-state index contributed by atoms with van der Waals surface area (Å²) in [5.41, 5.74) is 0.902. The van der Waals surface area contributed by atoms with E-state index in [1.54, 1.807) is 17.2 Å². The maximum atomic E-state index is 13.5. The van der Waals surface area contributed by atoms with Gasteiger partial charge < -0.3 is 29.7 Å². The molecule has 10 heteroatoms. The number of carbonyl (C=O) groups is 2. The summed E-state index contributed by atoms with van der Waals surface area (Å²) in [5.74, 6) is 0.556. The molecular weight excluding hydrogens is 474 g/mol. The smallest absolute Gasteiger partial charge is 0.410 e. The molecule has 0 unspecified atom stereocenters. The molecule has 4 rings (SSSR count). The Hall–Kier alpha value is -3.40. The zero-order valence-electron chi connectivity index (χ0n) is 22.1. The number of nitrogens with zero attached hydrogens (tertiary/aromatic N) is 3. The van der Waals surface area contributed by atoms with Crippen molar-refractivity contribution < 1.29 is 23.8 Å². The molecule has 0 radical (unpaired) electrons. The fourth-order valence-electron chi connectivity index (χ4n) is 4.41. The minimum absolute atomic E-state index is 0.00645. The summed E-state index contributed by atoms with van der Waals surface area (Å²) >= 11 is 0. The minimum Gasteiger partial charge on any atom is -0.488 e. The number of amides is 2. The van der Waals surface area contributed by atoms with Crippen molar-refractivity contribution >= 4 is 12.0 Å². The number of piperidine rings is 1. The predicted molar refractivity (Wildman–Crippen MR) is 139 cm³/mol. The largest absolute Gasteiger partial charge is 0.488 e. The number of nitrogens with one attached hydrogen (secondary N) is 2. The van der Waals surface area contributed by atoms with Gasteiger partial charge in [0.2, 0.25) is 5.88 Å². The van der Waals surface area contributed by atoms with Crippen molar-refractivity contribution in [3.63, 3.8) is 0 Å². The average Bonchev–Trinajstić information content (AvgIpc) is 3.33. The molecule has 200 valence electrons. The van der Waals surface area contributed by atoms with Crippen LogP contribution in [0.25, 0.3) is 11.3 Å². The van der Waals surface area contributed by atoms with Gasteiger partial charge in [-0.15, -0.1) is 0 Å². The van der Waals surface area contributed by atoms with E-state index < -0.39 is 5.60 Å². The molecule has 2 amide bonds. The lowest BCUT2D eigenvalue weighted by Crippen LogP contribution is -2.40. The summed E-state index contributed by atoms with van der Waals surface area (Å²) < 4.78 is 17.4. The van der Waals surface area contributed by atoms with E-state index in [9.17, 15) is 9.59 Å². The standard InChI is InChI=1S/C27H37N5O5/c1-5-35-25-20(7-6-13-29-25)21-8-9-22(36-19-10-14-28-15-11-19)23(31-21)24(33)30-18-12-16-32(17-18)26(34)37-27(2,3)4/h6-9,13,18-19,28H,5,10-12,14-17H2,1-4H3,(H,30,33)/t18-/m1/s1. The first-order chi connectivity index (χ1) is 17.7. The Morgan fingerprint density at radius 3 is 2.68 bits per heavy atom. The molecule has 0 bridgehead atoms. The molecule has 2 N–H and O–H groups in total. The molecule has 2 aliphatic heterocycles. The molecule has 0 saturated carbocycles. The lowest BCUT2D eigenvalue weighted by atomic mass is 10.1. The summed E-state index contributed by atoms with van der Waals surface area (Å²) in [6.45, 7) is 10.5. The van der Waals surface area contributed by atoms with Crippen LogP contribution < -0.4 is 20.1 Å². The Kier molecular flexibility index (Phi) is 8.48. The topological polar surface area (TPSA) is 115 Å². The summed E-state index contributed by atoms with van der Waals surface area (Å²) in [6, 6.07) is 7.08. The monoisotopic (exact) mass is 511 g/mol. The highest BCUT2D eigenvalue weighted by atomic mass is 16.6. The van der Waals surface area contributed by atoms with Crippen molar-refractivity contribution in [2.75, 3.05) is 32.8 Å². The van der Waals surface area contributed by atoms with Crippen molar-refractivity contribution in [2.24, 2.45) is 0 Å². The molecule has 0 spiro atoms. The van der Waals surface area contributed by atoms with Crippen LogP contribution >= 0.6 is 0 Å². The van der Waals surface area contributed by atoms with Crippen LogP contribution in [0.4, 0.5) is 4.79 Å². The van der Waals surface area contributed by atoms with Gasteiger partial charge in [0.15, 0.2) is 11.4 Å².